The molecule has 7 nitrogen and oxygen atoms in total. The Morgan fingerprint density at radius 2 is 1.83 bits per heavy atom. The van der Waals surface area contributed by atoms with E-state index in [9.17, 15) is 18.4 Å². The van der Waals surface area contributed by atoms with E-state index < -0.39 is 11.6 Å². The summed E-state index contributed by atoms with van der Waals surface area (Å²) >= 11 is 0. The summed E-state index contributed by atoms with van der Waals surface area (Å²) in [6.07, 6.45) is 2.76. The molecule has 1 N–H and O–H groups in total. The van der Waals surface area contributed by atoms with Crippen LogP contribution >= 0.6 is 0 Å². The third-order valence-corrected chi connectivity index (χ3v) is 4.64. The van der Waals surface area contributed by atoms with Crippen molar-refractivity contribution in [3.05, 3.63) is 94.2 Å². The summed E-state index contributed by atoms with van der Waals surface area (Å²) in [5.41, 5.74) is 0.776. The average molecular weight is 409 g/mol. The summed E-state index contributed by atoms with van der Waals surface area (Å²) in [5.74, 6) is -1.15. The minimum Gasteiger partial charge on any atom is -0.350 e. The predicted molar refractivity (Wildman–Crippen MR) is 106 cm³/mol. The number of benzene rings is 2. The van der Waals surface area contributed by atoms with Gasteiger partial charge in [-0.3, -0.25) is 14.2 Å². The molecule has 0 aliphatic heterocycles. The van der Waals surface area contributed by atoms with E-state index in [4.69, 9.17) is 0 Å². The Bertz CT molecular complexity index is 1260. The summed E-state index contributed by atoms with van der Waals surface area (Å²) in [7, 11) is 0. The number of nitrogens with zero attached hydrogens (tertiary/aromatic N) is 4. The number of fused-ring (bicyclic) bond motifs is 1. The van der Waals surface area contributed by atoms with Crippen molar-refractivity contribution in [2.75, 3.05) is 6.54 Å². The van der Waals surface area contributed by atoms with E-state index in [-0.39, 0.29) is 24.6 Å². The Labute approximate surface area is 169 Å². The summed E-state index contributed by atoms with van der Waals surface area (Å²) in [4.78, 5) is 29.1. The SMILES string of the molecule is O=C(NCCn1ncc2c(=O)n(Cc3ccccc3F)cnc21)c1ccc(F)cc1. The second-order valence-electron chi connectivity index (χ2n) is 6.64. The topological polar surface area (TPSA) is 81.8 Å². The molecule has 0 spiro atoms. The number of halogens is 2. The number of hydrogen-bond donors (Lipinski definition) is 1. The monoisotopic (exact) mass is 409 g/mol. The van der Waals surface area contributed by atoms with Crippen LogP contribution in [0.2, 0.25) is 0 Å². The Balaban J connectivity index is 1.46. The van der Waals surface area contributed by atoms with Crippen LogP contribution in [0, 0.1) is 11.6 Å². The normalized spacial score (nSPS) is 11.0. The van der Waals surface area contributed by atoms with Crippen molar-refractivity contribution >= 4 is 16.9 Å². The summed E-state index contributed by atoms with van der Waals surface area (Å²) in [6.45, 7) is 0.598. The third-order valence-electron chi connectivity index (χ3n) is 4.64. The van der Waals surface area contributed by atoms with Crippen molar-refractivity contribution < 1.29 is 13.6 Å². The molecule has 1 amide bonds. The highest BCUT2D eigenvalue weighted by atomic mass is 19.1. The summed E-state index contributed by atoms with van der Waals surface area (Å²) < 4.78 is 29.6. The van der Waals surface area contributed by atoms with Gasteiger partial charge in [-0.15, -0.1) is 0 Å². The number of rotatable bonds is 6. The molecule has 0 aliphatic carbocycles. The van der Waals surface area contributed by atoms with Gasteiger partial charge in [-0.2, -0.15) is 5.10 Å². The van der Waals surface area contributed by atoms with Crippen molar-refractivity contribution in [1.82, 2.24) is 24.6 Å². The van der Waals surface area contributed by atoms with Gasteiger partial charge in [0.05, 0.1) is 19.3 Å². The van der Waals surface area contributed by atoms with Gasteiger partial charge in [0.15, 0.2) is 5.65 Å². The van der Waals surface area contributed by atoms with Gasteiger partial charge in [-0.25, -0.2) is 18.4 Å². The molecule has 0 saturated carbocycles. The van der Waals surface area contributed by atoms with E-state index >= 15 is 0 Å². The first-order valence-corrected chi connectivity index (χ1v) is 9.21. The van der Waals surface area contributed by atoms with Crippen LogP contribution in [0.1, 0.15) is 15.9 Å². The maximum absolute atomic E-state index is 13.9. The molecule has 0 fully saturated rings. The number of nitrogens with one attached hydrogen (secondary N) is 1. The van der Waals surface area contributed by atoms with E-state index in [1.165, 1.54) is 52.1 Å². The third kappa shape index (κ3) is 3.95. The van der Waals surface area contributed by atoms with Gasteiger partial charge in [0.2, 0.25) is 0 Å². The van der Waals surface area contributed by atoms with E-state index in [0.717, 1.165) is 0 Å². The molecule has 0 bridgehead atoms. The molecule has 0 atom stereocenters. The lowest BCUT2D eigenvalue weighted by Crippen LogP contribution is -2.27. The van der Waals surface area contributed by atoms with Crippen molar-refractivity contribution in [1.29, 1.82) is 0 Å². The zero-order chi connectivity index (χ0) is 21.1. The van der Waals surface area contributed by atoms with Crippen molar-refractivity contribution in [2.45, 2.75) is 13.1 Å². The van der Waals surface area contributed by atoms with Gasteiger partial charge >= 0.3 is 0 Å². The molecule has 0 radical (unpaired) electrons. The lowest BCUT2D eigenvalue weighted by molar-refractivity contribution is 0.0952. The molecular formula is C21H17F2N5O2. The molecular weight excluding hydrogens is 392 g/mol. The molecule has 0 aliphatic rings. The largest absolute Gasteiger partial charge is 0.350 e. The van der Waals surface area contributed by atoms with Gasteiger partial charge in [0.25, 0.3) is 11.5 Å². The van der Waals surface area contributed by atoms with E-state index in [1.807, 2.05) is 0 Å². The Hall–Kier alpha value is -3.88. The highest BCUT2D eigenvalue weighted by Gasteiger charge is 2.12. The quantitative estimate of drug-likeness (QED) is 0.530. The van der Waals surface area contributed by atoms with Crippen molar-refractivity contribution in [3.63, 3.8) is 0 Å². The van der Waals surface area contributed by atoms with Crippen LogP contribution in [-0.4, -0.2) is 31.8 Å². The molecule has 30 heavy (non-hydrogen) atoms. The molecule has 2 heterocycles. The van der Waals surface area contributed by atoms with E-state index in [2.05, 4.69) is 15.4 Å². The standard InChI is InChI=1S/C21H17F2N5O2/c22-16-7-5-14(6-8-16)20(29)24-9-10-28-19-17(11-26-28)21(30)27(13-25-19)12-15-3-1-2-4-18(15)23/h1-8,11,13H,9-10,12H2,(H,24,29). The Kier molecular flexibility index (Phi) is 5.34. The first-order chi connectivity index (χ1) is 14.5. The summed E-state index contributed by atoms with van der Waals surface area (Å²) in [6, 6.07) is 11.5. The van der Waals surface area contributed by atoms with E-state index in [1.54, 1.807) is 18.2 Å². The van der Waals surface area contributed by atoms with Crippen molar-refractivity contribution in [3.8, 4) is 0 Å². The first kappa shape index (κ1) is 19.4. The number of aromatic nitrogens is 4. The molecule has 0 saturated heterocycles. The lowest BCUT2D eigenvalue weighted by Gasteiger charge is -2.08. The molecule has 2 aromatic heterocycles. The molecule has 152 valence electrons. The minimum atomic E-state index is -0.415. The first-order valence-electron chi connectivity index (χ1n) is 9.21. The van der Waals surface area contributed by atoms with Crippen LogP contribution in [0.4, 0.5) is 8.78 Å². The molecule has 0 unspecified atom stereocenters. The van der Waals surface area contributed by atoms with Crippen LogP contribution in [-0.2, 0) is 13.1 Å². The van der Waals surface area contributed by atoms with Crippen molar-refractivity contribution in [2.24, 2.45) is 0 Å². The highest BCUT2D eigenvalue weighted by Crippen LogP contribution is 2.10. The van der Waals surface area contributed by atoms with E-state index in [0.29, 0.717) is 28.7 Å². The van der Waals surface area contributed by atoms with Gasteiger partial charge in [0.1, 0.15) is 23.3 Å². The fourth-order valence-corrected chi connectivity index (χ4v) is 3.06. The summed E-state index contributed by atoms with van der Waals surface area (Å²) in [5, 5.41) is 7.18. The van der Waals surface area contributed by atoms with Gasteiger partial charge in [-0.1, -0.05) is 18.2 Å². The Morgan fingerprint density at radius 3 is 2.60 bits per heavy atom. The maximum Gasteiger partial charge on any atom is 0.264 e. The minimum absolute atomic E-state index is 0.0629. The fourth-order valence-electron chi connectivity index (χ4n) is 3.06. The fraction of sp³-hybridized carbons (Fsp3) is 0.143. The number of amides is 1. The van der Waals surface area contributed by atoms with Crippen LogP contribution in [0.25, 0.3) is 11.0 Å². The number of carbonyl (C=O) groups excluding carboxylic acids is 1. The molecule has 4 aromatic rings. The average Bonchev–Trinajstić information content (AvgIpc) is 3.16. The maximum atomic E-state index is 13.9. The second kappa shape index (κ2) is 8.24. The second-order valence-corrected chi connectivity index (χ2v) is 6.64. The molecule has 4 rings (SSSR count). The van der Waals surface area contributed by atoms with Gasteiger partial charge in [0, 0.05) is 17.7 Å². The molecule has 2 aromatic carbocycles. The van der Waals surface area contributed by atoms with Crippen LogP contribution in [0.5, 0.6) is 0 Å². The van der Waals surface area contributed by atoms with Crippen LogP contribution in [0.3, 0.4) is 0 Å². The Morgan fingerprint density at radius 1 is 1.07 bits per heavy atom. The smallest absolute Gasteiger partial charge is 0.264 e. The highest BCUT2D eigenvalue weighted by molar-refractivity contribution is 5.94. The zero-order valence-electron chi connectivity index (χ0n) is 15.8. The molecule has 9 heteroatoms. The van der Waals surface area contributed by atoms with Crippen LogP contribution in [0.15, 0.2) is 65.8 Å². The number of carbonyl (C=O) groups is 1. The van der Waals surface area contributed by atoms with Gasteiger partial charge < -0.3 is 5.32 Å². The lowest BCUT2D eigenvalue weighted by atomic mass is 10.2. The predicted octanol–water partition coefficient (Wildman–Crippen LogP) is 2.35. The number of hydrogen-bond acceptors (Lipinski definition) is 4. The zero-order valence-corrected chi connectivity index (χ0v) is 15.8. The van der Waals surface area contributed by atoms with Gasteiger partial charge in [-0.05, 0) is 30.3 Å². The van der Waals surface area contributed by atoms with Crippen LogP contribution < -0.4 is 10.9 Å².